The molecule has 124 valence electrons. The Hall–Kier alpha value is -2.37. The molecule has 0 unspecified atom stereocenters. The van der Waals surface area contributed by atoms with Crippen molar-refractivity contribution in [3.8, 4) is 5.69 Å². The summed E-state index contributed by atoms with van der Waals surface area (Å²) in [7, 11) is 0. The van der Waals surface area contributed by atoms with E-state index in [1.165, 1.54) is 18.2 Å². The number of hydrogen-bond acceptors (Lipinski definition) is 2. The first-order valence-corrected chi connectivity index (χ1v) is 8.16. The van der Waals surface area contributed by atoms with E-state index in [1.54, 1.807) is 35.2 Å². The van der Waals surface area contributed by atoms with Gasteiger partial charge in [-0.3, -0.25) is 4.99 Å². The van der Waals surface area contributed by atoms with Crippen LogP contribution in [0.2, 0.25) is 10.0 Å². The van der Waals surface area contributed by atoms with Crippen molar-refractivity contribution < 1.29 is 13.3 Å². The van der Waals surface area contributed by atoms with E-state index in [1.807, 2.05) is 0 Å². The van der Waals surface area contributed by atoms with Crippen LogP contribution in [0.15, 0.2) is 53.8 Å². The number of rotatable bonds is 1. The smallest absolute Gasteiger partial charge is 0.271 e. The summed E-state index contributed by atoms with van der Waals surface area (Å²) in [5.74, 6) is -0.816. The normalized spacial score (nSPS) is 12.9. The van der Waals surface area contributed by atoms with Gasteiger partial charge in [0.2, 0.25) is 0 Å². The molecule has 0 amide bonds. The van der Waals surface area contributed by atoms with Gasteiger partial charge in [0.1, 0.15) is 36.3 Å². The summed E-state index contributed by atoms with van der Waals surface area (Å²) in [5, 5.41) is 0.461. The van der Waals surface area contributed by atoms with Gasteiger partial charge in [-0.2, -0.15) is 4.57 Å². The second-order valence-electron chi connectivity index (χ2n) is 5.42. The molecule has 0 fully saturated rings. The molecule has 0 radical (unpaired) electrons. The van der Waals surface area contributed by atoms with Crippen molar-refractivity contribution in [3.05, 3.63) is 87.4 Å². The van der Waals surface area contributed by atoms with E-state index in [-0.39, 0.29) is 27.9 Å². The minimum atomic E-state index is -0.718. The zero-order chi connectivity index (χ0) is 17.6. The van der Waals surface area contributed by atoms with Crippen molar-refractivity contribution in [3.63, 3.8) is 0 Å². The predicted octanol–water partition coefficient (Wildman–Crippen LogP) is 4.29. The number of aliphatic imine (C=N–C) groups is 1. The van der Waals surface area contributed by atoms with Gasteiger partial charge in [-0.05, 0) is 24.3 Å². The molecule has 0 aliphatic carbocycles. The number of halogens is 4. The lowest BCUT2D eigenvalue weighted by atomic mass is 9.99. The van der Waals surface area contributed by atoms with Crippen molar-refractivity contribution >= 4 is 28.9 Å². The first kappa shape index (κ1) is 16.1. The Kier molecular flexibility index (Phi) is 3.98. The highest BCUT2D eigenvalue weighted by molar-refractivity contribution is 6.45. The Morgan fingerprint density at radius 3 is 2.48 bits per heavy atom. The summed E-state index contributed by atoms with van der Waals surface area (Å²) in [5.41, 5.74) is 0.858. The molecular weight excluding hydrogens is 367 g/mol. The molecule has 0 atom stereocenters. The van der Waals surface area contributed by atoms with E-state index in [0.29, 0.717) is 17.1 Å². The summed E-state index contributed by atoms with van der Waals surface area (Å²) in [4.78, 5) is 8.71. The zero-order valence-electron chi connectivity index (χ0n) is 12.7. The Morgan fingerprint density at radius 1 is 0.960 bits per heavy atom. The number of benzene rings is 2. The standard InChI is InChI=1S/C18H10Cl2F2N3/c19-10-5-6-13-16(17(10)20)18(15-11(21)3-1-4-12(15)22)24-9-14-23-7-2-8-25(13)14/h1-8H,9H2/q+1. The molecule has 2 aromatic carbocycles. The van der Waals surface area contributed by atoms with E-state index in [4.69, 9.17) is 23.2 Å². The summed E-state index contributed by atoms with van der Waals surface area (Å²) in [6, 6.07) is 8.79. The van der Waals surface area contributed by atoms with Crippen LogP contribution in [-0.4, -0.2) is 10.7 Å². The van der Waals surface area contributed by atoms with Gasteiger partial charge in [0, 0.05) is 6.07 Å². The third-order valence-electron chi connectivity index (χ3n) is 3.97. The largest absolute Gasteiger partial charge is 0.324 e. The Balaban J connectivity index is 2.10. The molecule has 2 heterocycles. The van der Waals surface area contributed by atoms with Crippen LogP contribution in [0.3, 0.4) is 0 Å². The fourth-order valence-corrected chi connectivity index (χ4v) is 3.27. The van der Waals surface area contributed by atoms with Crippen LogP contribution >= 0.6 is 23.2 Å². The predicted molar refractivity (Wildman–Crippen MR) is 91.5 cm³/mol. The van der Waals surface area contributed by atoms with E-state index in [2.05, 4.69) is 9.98 Å². The molecule has 0 bridgehead atoms. The van der Waals surface area contributed by atoms with Crippen LogP contribution in [-0.2, 0) is 6.54 Å². The van der Waals surface area contributed by atoms with Gasteiger partial charge in [0.15, 0.2) is 0 Å². The second kappa shape index (κ2) is 6.17. The average Bonchev–Trinajstić information content (AvgIpc) is 2.76. The highest BCUT2D eigenvalue weighted by Crippen LogP contribution is 2.33. The monoisotopic (exact) mass is 376 g/mol. The summed E-state index contributed by atoms with van der Waals surface area (Å²) in [6.07, 6.45) is 3.43. The Bertz CT molecular complexity index is 1010. The van der Waals surface area contributed by atoms with Crippen molar-refractivity contribution in [1.29, 1.82) is 0 Å². The number of aromatic nitrogens is 2. The molecule has 0 N–H and O–H groups in total. The summed E-state index contributed by atoms with van der Waals surface area (Å²) in [6.45, 7) is 0.145. The number of nitrogens with zero attached hydrogens (tertiary/aromatic N) is 3. The maximum atomic E-state index is 14.4. The topological polar surface area (TPSA) is 29.1 Å². The highest BCUT2D eigenvalue weighted by Gasteiger charge is 2.30. The van der Waals surface area contributed by atoms with Crippen molar-refractivity contribution in [1.82, 2.24) is 4.98 Å². The van der Waals surface area contributed by atoms with Crippen LogP contribution in [0.4, 0.5) is 8.78 Å². The van der Waals surface area contributed by atoms with Gasteiger partial charge >= 0.3 is 5.82 Å². The lowest BCUT2D eigenvalue weighted by Crippen LogP contribution is -2.37. The van der Waals surface area contributed by atoms with E-state index >= 15 is 0 Å². The van der Waals surface area contributed by atoms with Gasteiger partial charge in [-0.15, -0.1) is 0 Å². The van der Waals surface area contributed by atoms with Gasteiger partial charge in [-0.25, -0.2) is 8.78 Å². The molecule has 3 aromatic rings. The molecule has 0 saturated heterocycles. The Labute approximate surface area is 152 Å². The Morgan fingerprint density at radius 2 is 1.72 bits per heavy atom. The fourth-order valence-electron chi connectivity index (χ4n) is 2.86. The van der Waals surface area contributed by atoms with Crippen LogP contribution in [0.5, 0.6) is 0 Å². The molecule has 25 heavy (non-hydrogen) atoms. The van der Waals surface area contributed by atoms with Gasteiger partial charge in [0.05, 0.1) is 26.9 Å². The maximum Gasteiger partial charge on any atom is 0.324 e. The quantitative estimate of drug-likeness (QED) is 0.582. The molecule has 1 aliphatic heterocycles. The minimum absolute atomic E-state index is 0.114. The van der Waals surface area contributed by atoms with E-state index in [0.717, 1.165) is 0 Å². The van der Waals surface area contributed by atoms with E-state index in [9.17, 15) is 8.78 Å². The van der Waals surface area contributed by atoms with Crippen LogP contribution in [0.1, 0.15) is 17.0 Å². The fraction of sp³-hybridized carbons (Fsp3) is 0.0556. The molecule has 4 rings (SSSR count). The lowest BCUT2D eigenvalue weighted by Gasteiger charge is -2.13. The van der Waals surface area contributed by atoms with Crippen LogP contribution in [0, 0.1) is 11.6 Å². The van der Waals surface area contributed by atoms with Crippen molar-refractivity contribution in [2.75, 3.05) is 0 Å². The summed E-state index contributed by atoms with van der Waals surface area (Å²) < 4.78 is 30.6. The molecule has 0 saturated carbocycles. The number of hydrogen-bond donors (Lipinski definition) is 0. The van der Waals surface area contributed by atoms with E-state index < -0.39 is 11.6 Å². The SMILES string of the molecule is Fc1cccc(F)c1C1=NCc2nccc[n+]2-c2ccc(Cl)c(Cl)c21. The first-order valence-electron chi connectivity index (χ1n) is 7.41. The first-order chi connectivity index (χ1) is 12.1. The highest BCUT2D eigenvalue weighted by atomic mass is 35.5. The zero-order valence-corrected chi connectivity index (χ0v) is 14.2. The summed E-state index contributed by atoms with van der Waals surface area (Å²) >= 11 is 12.6. The van der Waals surface area contributed by atoms with Gasteiger partial charge in [-0.1, -0.05) is 34.3 Å². The van der Waals surface area contributed by atoms with Crippen molar-refractivity contribution in [2.45, 2.75) is 6.54 Å². The lowest BCUT2D eigenvalue weighted by molar-refractivity contribution is -0.607. The third kappa shape index (κ3) is 2.60. The van der Waals surface area contributed by atoms with Crippen molar-refractivity contribution in [2.24, 2.45) is 4.99 Å². The number of fused-ring (bicyclic) bond motifs is 3. The average molecular weight is 377 g/mol. The van der Waals surface area contributed by atoms with Crippen LogP contribution in [0.25, 0.3) is 5.69 Å². The van der Waals surface area contributed by atoms with Gasteiger partial charge in [0.25, 0.3) is 0 Å². The molecular formula is C18H10Cl2F2N3+. The maximum absolute atomic E-state index is 14.4. The molecule has 1 aliphatic rings. The van der Waals surface area contributed by atoms with Crippen LogP contribution < -0.4 is 4.57 Å². The molecule has 0 spiro atoms. The third-order valence-corrected chi connectivity index (χ3v) is 4.77. The van der Waals surface area contributed by atoms with Gasteiger partial charge < -0.3 is 0 Å². The second-order valence-corrected chi connectivity index (χ2v) is 6.21. The molecule has 1 aromatic heterocycles. The molecule has 7 heteroatoms. The minimum Gasteiger partial charge on any atom is -0.271 e. The molecule has 3 nitrogen and oxygen atoms in total.